The number of hydrogen-bond donors (Lipinski definition) is 2. The summed E-state index contributed by atoms with van der Waals surface area (Å²) in [5.74, 6) is -1.76. The van der Waals surface area contributed by atoms with Crippen LogP contribution in [0.15, 0.2) is 35.4 Å². The van der Waals surface area contributed by atoms with Crippen molar-refractivity contribution < 1.29 is 23.1 Å². The highest BCUT2D eigenvalue weighted by molar-refractivity contribution is 5.74. The summed E-state index contributed by atoms with van der Waals surface area (Å²) in [6.45, 7) is -1.06. The van der Waals surface area contributed by atoms with Crippen molar-refractivity contribution in [2.75, 3.05) is 5.32 Å². The quantitative estimate of drug-likeness (QED) is 0.619. The van der Waals surface area contributed by atoms with E-state index < -0.39 is 29.9 Å². The summed E-state index contributed by atoms with van der Waals surface area (Å²) in [5, 5.41) is 16.0. The molecule has 31 heavy (non-hydrogen) atoms. The molecule has 0 saturated carbocycles. The molecule has 0 aliphatic carbocycles. The van der Waals surface area contributed by atoms with Crippen LogP contribution in [0.2, 0.25) is 0 Å². The topological polar surface area (TPSA) is 102 Å². The van der Waals surface area contributed by atoms with Gasteiger partial charge in [-0.15, -0.1) is 0 Å². The van der Waals surface area contributed by atoms with Gasteiger partial charge in [0.2, 0.25) is 0 Å². The first-order valence-electron chi connectivity index (χ1n) is 9.45. The number of benzene rings is 1. The third kappa shape index (κ3) is 3.90. The number of aryl methyl sites for hydroxylation is 1. The normalized spacial score (nSPS) is 15.3. The molecule has 0 radical (unpaired) electrons. The average Bonchev–Trinajstić information content (AvgIpc) is 3.35. The van der Waals surface area contributed by atoms with Crippen LogP contribution in [0.5, 0.6) is 0 Å². The highest BCUT2D eigenvalue weighted by Gasteiger charge is 2.33. The molecule has 1 atom stereocenters. The van der Waals surface area contributed by atoms with Crippen molar-refractivity contribution in [2.45, 2.75) is 38.9 Å². The Morgan fingerprint density at radius 2 is 2.13 bits per heavy atom. The Kier molecular flexibility index (Phi) is 5.25. The van der Waals surface area contributed by atoms with Crippen molar-refractivity contribution in [3.8, 4) is 11.3 Å². The molecule has 0 amide bonds. The number of rotatable bonds is 6. The molecule has 2 aromatic heterocycles. The van der Waals surface area contributed by atoms with Crippen LogP contribution in [0, 0.1) is 12.7 Å². The molecule has 8 nitrogen and oxygen atoms in total. The number of alkyl halides is 2. The van der Waals surface area contributed by atoms with Gasteiger partial charge in [-0.2, -0.15) is 13.9 Å². The number of aromatic nitrogens is 4. The van der Waals surface area contributed by atoms with Gasteiger partial charge in [-0.25, -0.2) is 18.9 Å². The SMILES string of the molecule is Cc1cc(F)cc(CNc2nc(-c3cnn(C(F)F)c3)c3n(c2=O)[C@H](C(=O)O)CC3)c1. The summed E-state index contributed by atoms with van der Waals surface area (Å²) in [4.78, 5) is 29.0. The molecule has 4 rings (SSSR count). The molecule has 2 N–H and O–H groups in total. The van der Waals surface area contributed by atoms with Crippen molar-refractivity contribution >= 4 is 11.8 Å². The third-order valence-electron chi connectivity index (χ3n) is 5.10. The monoisotopic (exact) mass is 433 g/mol. The van der Waals surface area contributed by atoms with E-state index in [1.54, 1.807) is 13.0 Å². The van der Waals surface area contributed by atoms with Crippen LogP contribution in [-0.2, 0) is 17.8 Å². The lowest BCUT2D eigenvalue weighted by Gasteiger charge is -2.15. The number of hydrogen-bond acceptors (Lipinski definition) is 5. The van der Waals surface area contributed by atoms with Crippen LogP contribution in [0.25, 0.3) is 11.3 Å². The second kappa shape index (κ2) is 7.89. The predicted octanol–water partition coefficient (Wildman–Crippen LogP) is 3.13. The van der Waals surface area contributed by atoms with Gasteiger partial charge in [-0.3, -0.25) is 9.36 Å². The summed E-state index contributed by atoms with van der Waals surface area (Å²) in [6.07, 6.45) is 2.70. The molecule has 11 heteroatoms. The van der Waals surface area contributed by atoms with Crippen molar-refractivity contribution in [2.24, 2.45) is 0 Å². The van der Waals surface area contributed by atoms with E-state index in [1.807, 2.05) is 0 Å². The molecular formula is C20H18F3N5O3. The summed E-state index contributed by atoms with van der Waals surface area (Å²) in [7, 11) is 0. The molecule has 1 aliphatic rings. The molecule has 0 fully saturated rings. The van der Waals surface area contributed by atoms with Crippen molar-refractivity contribution in [1.29, 1.82) is 0 Å². The Labute approximate surface area is 174 Å². The lowest BCUT2D eigenvalue weighted by atomic mass is 10.1. The molecule has 3 heterocycles. The number of aliphatic carboxylic acids is 1. The molecule has 0 spiro atoms. The minimum atomic E-state index is -2.85. The Hall–Kier alpha value is -3.63. The average molecular weight is 433 g/mol. The van der Waals surface area contributed by atoms with Gasteiger partial charge in [0, 0.05) is 24.0 Å². The van der Waals surface area contributed by atoms with E-state index in [-0.39, 0.29) is 36.5 Å². The Balaban J connectivity index is 1.78. The van der Waals surface area contributed by atoms with Crippen LogP contribution in [-0.4, -0.2) is 30.4 Å². The van der Waals surface area contributed by atoms with Gasteiger partial charge >= 0.3 is 12.5 Å². The molecular weight excluding hydrogens is 415 g/mol. The first kappa shape index (κ1) is 20.6. The van der Waals surface area contributed by atoms with Gasteiger partial charge in [0.05, 0.1) is 11.9 Å². The standard InChI is InChI=1S/C20H18F3N5O3/c1-10-4-11(6-13(21)5-10)7-24-17-18(29)28-14(2-3-15(28)19(30)31)16(26-17)12-8-25-27(9-12)20(22)23/h4-6,8-9,15,20H,2-3,7H2,1H3,(H,24,26)(H,30,31)/t15-/m0/s1. The zero-order valence-corrected chi connectivity index (χ0v) is 16.3. The van der Waals surface area contributed by atoms with Crippen LogP contribution in [0.4, 0.5) is 19.0 Å². The second-order valence-corrected chi connectivity index (χ2v) is 7.30. The van der Waals surface area contributed by atoms with E-state index in [0.29, 0.717) is 21.5 Å². The molecule has 0 saturated heterocycles. The smallest absolute Gasteiger partial charge is 0.333 e. The van der Waals surface area contributed by atoms with Gasteiger partial charge in [-0.05, 0) is 43.0 Å². The van der Waals surface area contributed by atoms with Gasteiger partial charge < -0.3 is 10.4 Å². The maximum Gasteiger partial charge on any atom is 0.333 e. The minimum absolute atomic E-state index is 0.0632. The minimum Gasteiger partial charge on any atom is -0.480 e. The maximum absolute atomic E-state index is 13.7. The summed E-state index contributed by atoms with van der Waals surface area (Å²) in [5.41, 5.74) is 1.40. The third-order valence-corrected chi connectivity index (χ3v) is 5.10. The Bertz CT molecular complexity index is 1200. The van der Waals surface area contributed by atoms with Crippen LogP contribution in [0.3, 0.4) is 0 Å². The lowest BCUT2D eigenvalue weighted by Crippen LogP contribution is -2.31. The van der Waals surface area contributed by atoms with E-state index in [4.69, 9.17) is 0 Å². The number of nitrogens with one attached hydrogen (secondary N) is 1. The van der Waals surface area contributed by atoms with E-state index in [1.165, 1.54) is 18.3 Å². The van der Waals surface area contributed by atoms with Crippen molar-refractivity contribution in [3.05, 3.63) is 63.6 Å². The summed E-state index contributed by atoms with van der Waals surface area (Å²) >= 11 is 0. The Morgan fingerprint density at radius 3 is 2.77 bits per heavy atom. The van der Waals surface area contributed by atoms with Crippen LogP contribution >= 0.6 is 0 Å². The van der Waals surface area contributed by atoms with Crippen LogP contribution < -0.4 is 10.9 Å². The van der Waals surface area contributed by atoms with Crippen molar-refractivity contribution in [3.63, 3.8) is 0 Å². The number of anilines is 1. The summed E-state index contributed by atoms with van der Waals surface area (Å²) in [6, 6.07) is 3.31. The molecule has 1 aromatic carbocycles. The highest BCUT2D eigenvalue weighted by Crippen LogP contribution is 2.32. The second-order valence-electron chi connectivity index (χ2n) is 7.30. The fourth-order valence-electron chi connectivity index (χ4n) is 3.79. The molecule has 0 bridgehead atoms. The zero-order chi connectivity index (χ0) is 22.3. The number of carboxylic acids is 1. The molecule has 0 unspecified atom stereocenters. The number of carbonyl (C=O) groups is 1. The fourth-order valence-corrected chi connectivity index (χ4v) is 3.79. The van der Waals surface area contributed by atoms with Gasteiger partial charge in [-0.1, -0.05) is 6.07 Å². The fraction of sp³-hybridized carbons (Fsp3) is 0.300. The van der Waals surface area contributed by atoms with E-state index in [9.17, 15) is 27.9 Å². The van der Waals surface area contributed by atoms with Gasteiger partial charge in [0.1, 0.15) is 11.9 Å². The largest absolute Gasteiger partial charge is 0.480 e. The summed E-state index contributed by atoms with van der Waals surface area (Å²) < 4.78 is 41.2. The Morgan fingerprint density at radius 1 is 1.35 bits per heavy atom. The van der Waals surface area contributed by atoms with Gasteiger partial charge in [0.25, 0.3) is 5.56 Å². The number of fused-ring (bicyclic) bond motifs is 1. The molecule has 162 valence electrons. The van der Waals surface area contributed by atoms with E-state index in [0.717, 1.165) is 10.8 Å². The maximum atomic E-state index is 13.7. The molecule has 3 aromatic rings. The number of halogens is 3. The zero-order valence-electron chi connectivity index (χ0n) is 16.3. The van der Waals surface area contributed by atoms with Gasteiger partial charge in [0.15, 0.2) is 5.82 Å². The van der Waals surface area contributed by atoms with E-state index >= 15 is 0 Å². The predicted molar refractivity (Wildman–Crippen MR) is 104 cm³/mol. The molecule has 1 aliphatic heterocycles. The van der Waals surface area contributed by atoms with Crippen LogP contribution in [0.1, 0.15) is 35.8 Å². The van der Waals surface area contributed by atoms with E-state index in [2.05, 4.69) is 15.4 Å². The number of nitrogens with zero attached hydrogens (tertiary/aromatic N) is 4. The first-order chi connectivity index (χ1) is 14.7. The number of carboxylic acid groups (broad SMARTS) is 1. The highest BCUT2D eigenvalue weighted by atomic mass is 19.3. The van der Waals surface area contributed by atoms with Crippen molar-refractivity contribution in [1.82, 2.24) is 19.3 Å². The lowest BCUT2D eigenvalue weighted by molar-refractivity contribution is -0.140. The first-order valence-corrected chi connectivity index (χ1v) is 9.45.